The lowest BCUT2D eigenvalue weighted by atomic mass is 9.78. The van der Waals surface area contributed by atoms with Gasteiger partial charge in [-0.15, -0.1) is 0 Å². The number of aliphatic hydroxyl groups is 1. The first-order valence-electron chi connectivity index (χ1n) is 7.86. The lowest BCUT2D eigenvalue weighted by Gasteiger charge is -2.35. The van der Waals surface area contributed by atoms with Gasteiger partial charge in [0, 0.05) is 13.1 Å². The molecule has 20 heavy (non-hydrogen) atoms. The molecule has 1 aliphatic rings. The van der Waals surface area contributed by atoms with E-state index in [0.717, 1.165) is 25.3 Å². The monoisotopic (exact) mass is 273 g/mol. The van der Waals surface area contributed by atoms with Crippen LogP contribution in [0.4, 0.5) is 0 Å². The van der Waals surface area contributed by atoms with Crippen molar-refractivity contribution in [1.82, 2.24) is 5.32 Å². The van der Waals surface area contributed by atoms with Gasteiger partial charge in [0.15, 0.2) is 0 Å². The van der Waals surface area contributed by atoms with Crippen LogP contribution in [0.3, 0.4) is 0 Å². The first kappa shape index (κ1) is 15.3. The number of benzene rings is 1. The number of nitrogens with one attached hydrogen (secondary N) is 1. The molecule has 1 aromatic carbocycles. The summed E-state index contributed by atoms with van der Waals surface area (Å²) in [6, 6.07) is 10.3. The summed E-state index contributed by atoms with van der Waals surface area (Å²) in [6.07, 6.45) is 9.73. The summed E-state index contributed by atoms with van der Waals surface area (Å²) < 4.78 is 0. The van der Waals surface area contributed by atoms with E-state index in [4.69, 9.17) is 0 Å². The van der Waals surface area contributed by atoms with Crippen LogP contribution >= 0.6 is 0 Å². The Labute approximate surface area is 122 Å². The van der Waals surface area contributed by atoms with Gasteiger partial charge in [-0.05, 0) is 37.2 Å². The average molecular weight is 273 g/mol. The Balaban J connectivity index is 1.67. The van der Waals surface area contributed by atoms with E-state index in [2.05, 4.69) is 36.5 Å². The van der Waals surface area contributed by atoms with Crippen LogP contribution in [-0.2, 0) is 0 Å². The van der Waals surface area contributed by atoms with Crippen LogP contribution in [0.15, 0.2) is 36.4 Å². The molecule has 2 heteroatoms. The Hall–Kier alpha value is -1.12. The van der Waals surface area contributed by atoms with Crippen LogP contribution in [0.5, 0.6) is 0 Å². The number of rotatable bonds is 6. The molecule has 0 amide bonds. The van der Waals surface area contributed by atoms with Crippen molar-refractivity contribution in [1.29, 1.82) is 0 Å². The van der Waals surface area contributed by atoms with E-state index in [1.165, 1.54) is 24.8 Å². The van der Waals surface area contributed by atoms with Gasteiger partial charge in [-0.3, -0.25) is 0 Å². The predicted octanol–water partition coefficient (Wildman–Crippen LogP) is 3.62. The van der Waals surface area contributed by atoms with Gasteiger partial charge < -0.3 is 10.4 Å². The Kier molecular flexibility index (Phi) is 5.81. The van der Waals surface area contributed by atoms with Crippen LogP contribution in [0, 0.1) is 5.92 Å². The molecular formula is C18H27NO. The third-order valence-electron chi connectivity index (χ3n) is 4.44. The summed E-state index contributed by atoms with van der Waals surface area (Å²) in [4.78, 5) is 0. The first-order chi connectivity index (χ1) is 9.72. The Morgan fingerprint density at radius 1 is 1.25 bits per heavy atom. The minimum absolute atomic E-state index is 0.480. The molecule has 1 saturated carbocycles. The zero-order valence-electron chi connectivity index (χ0n) is 12.5. The smallest absolute Gasteiger partial charge is 0.0771 e. The van der Waals surface area contributed by atoms with Crippen LogP contribution in [0.25, 0.3) is 6.08 Å². The van der Waals surface area contributed by atoms with Crippen LogP contribution < -0.4 is 5.32 Å². The van der Waals surface area contributed by atoms with Gasteiger partial charge >= 0.3 is 0 Å². The van der Waals surface area contributed by atoms with E-state index in [1.807, 2.05) is 18.2 Å². The topological polar surface area (TPSA) is 32.3 Å². The highest BCUT2D eigenvalue weighted by Crippen LogP contribution is 2.33. The molecule has 1 aliphatic carbocycles. The van der Waals surface area contributed by atoms with Crippen molar-refractivity contribution >= 4 is 6.08 Å². The molecule has 0 aromatic heterocycles. The maximum absolute atomic E-state index is 10.5. The second-order valence-electron chi connectivity index (χ2n) is 6.02. The summed E-state index contributed by atoms with van der Waals surface area (Å²) >= 11 is 0. The summed E-state index contributed by atoms with van der Waals surface area (Å²) in [6.45, 7) is 3.78. The van der Waals surface area contributed by atoms with Crippen molar-refractivity contribution in [2.75, 3.05) is 13.1 Å². The normalized spacial score (nSPS) is 27.0. The lowest BCUT2D eigenvalue weighted by molar-refractivity contribution is -0.00782. The van der Waals surface area contributed by atoms with E-state index in [0.29, 0.717) is 6.54 Å². The van der Waals surface area contributed by atoms with E-state index < -0.39 is 5.60 Å². The lowest BCUT2D eigenvalue weighted by Crippen LogP contribution is -2.43. The highest BCUT2D eigenvalue weighted by atomic mass is 16.3. The van der Waals surface area contributed by atoms with E-state index in [9.17, 15) is 5.11 Å². The van der Waals surface area contributed by atoms with Crippen molar-refractivity contribution in [2.45, 2.75) is 44.6 Å². The van der Waals surface area contributed by atoms with Gasteiger partial charge in [-0.25, -0.2) is 0 Å². The molecule has 0 bridgehead atoms. The van der Waals surface area contributed by atoms with Gasteiger partial charge in [0.1, 0.15) is 0 Å². The van der Waals surface area contributed by atoms with Gasteiger partial charge in [0.2, 0.25) is 0 Å². The van der Waals surface area contributed by atoms with Crippen molar-refractivity contribution in [3.63, 3.8) is 0 Å². The third kappa shape index (κ3) is 4.77. The highest BCUT2D eigenvalue weighted by Gasteiger charge is 2.31. The fourth-order valence-electron chi connectivity index (χ4n) is 2.95. The maximum atomic E-state index is 10.5. The summed E-state index contributed by atoms with van der Waals surface area (Å²) in [5, 5.41) is 13.9. The fraction of sp³-hybridized carbons (Fsp3) is 0.556. The molecule has 0 radical (unpaired) electrons. The molecule has 2 N–H and O–H groups in total. The largest absolute Gasteiger partial charge is 0.389 e. The van der Waals surface area contributed by atoms with Crippen molar-refractivity contribution in [3.8, 4) is 0 Å². The van der Waals surface area contributed by atoms with Crippen molar-refractivity contribution in [3.05, 3.63) is 42.0 Å². The Morgan fingerprint density at radius 3 is 2.60 bits per heavy atom. The molecule has 2 nitrogen and oxygen atoms in total. The number of hydrogen-bond acceptors (Lipinski definition) is 2. The first-order valence-corrected chi connectivity index (χ1v) is 7.86. The summed E-state index contributed by atoms with van der Waals surface area (Å²) in [5.74, 6) is 0.827. The SMILES string of the molecule is CCC1CCC(O)(CNCC=Cc2ccccc2)CC1. The van der Waals surface area contributed by atoms with Crippen molar-refractivity contribution in [2.24, 2.45) is 5.92 Å². The summed E-state index contributed by atoms with van der Waals surface area (Å²) in [7, 11) is 0. The van der Waals surface area contributed by atoms with Crippen LogP contribution in [0.2, 0.25) is 0 Å². The predicted molar refractivity (Wildman–Crippen MR) is 85.5 cm³/mol. The molecule has 1 aromatic rings. The van der Waals surface area contributed by atoms with Crippen LogP contribution in [-0.4, -0.2) is 23.8 Å². The van der Waals surface area contributed by atoms with E-state index in [1.54, 1.807) is 0 Å². The van der Waals surface area contributed by atoms with Gasteiger partial charge in [0.25, 0.3) is 0 Å². The van der Waals surface area contributed by atoms with Crippen LogP contribution in [0.1, 0.15) is 44.6 Å². The standard InChI is InChI=1S/C18H27NO/c1-2-16-10-12-18(20,13-11-16)15-19-14-6-9-17-7-4-3-5-8-17/h3-9,16,19-20H,2,10-15H2,1H3. The van der Waals surface area contributed by atoms with E-state index in [-0.39, 0.29) is 0 Å². The van der Waals surface area contributed by atoms with E-state index >= 15 is 0 Å². The highest BCUT2D eigenvalue weighted by molar-refractivity contribution is 5.48. The molecule has 1 fully saturated rings. The quantitative estimate of drug-likeness (QED) is 0.776. The number of hydrogen-bond donors (Lipinski definition) is 2. The zero-order chi connectivity index (χ0) is 14.3. The second kappa shape index (κ2) is 7.61. The molecule has 0 unspecified atom stereocenters. The minimum Gasteiger partial charge on any atom is -0.389 e. The molecule has 0 heterocycles. The van der Waals surface area contributed by atoms with Gasteiger partial charge in [-0.1, -0.05) is 55.8 Å². The molecule has 2 rings (SSSR count). The average Bonchev–Trinajstić information content (AvgIpc) is 2.49. The molecule has 0 spiro atoms. The maximum Gasteiger partial charge on any atom is 0.0771 e. The molecule has 0 saturated heterocycles. The molecule has 0 atom stereocenters. The fourth-order valence-corrected chi connectivity index (χ4v) is 2.95. The van der Waals surface area contributed by atoms with Gasteiger partial charge in [0.05, 0.1) is 5.60 Å². The third-order valence-corrected chi connectivity index (χ3v) is 4.44. The summed E-state index contributed by atoms with van der Waals surface area (Å²) in [5.41, 5.74) is 0.739. The van der Waals surface area contributed by atoms with Crippen molar-refractivity contribution < 1.29 is 5.11 Å². The Morgan fingerprint density at radius 2 is 1.95 bits per heavy atom. The molecule has 0 aliphatic heterocycles. The van der Waals surface area contributed by atoms with Gasteiger partial charge in [-0.2, -0.15) is 0 Å². The second-order valence-corrected chi connectivity index (χ2v) is 6.02. The Bertz CT molecular complexity index is 405. The zero-order valence-corrected chi connectivity index (χ0v) is 12.5. The molecular weight excluding hydrogens is 246 g/mol. The molecule has 110 valence electrons. The minimum atomic E-state index is -0.480.